The quantitative estimate of drug-likeness (QED) is 0.267. The van der Waals surface area contributed by atoms with Crippen molar-refractivity contribution in [2.24, 2.45) is 0 Å². The molecule has 1 unspecified atom stereocenters. The number of hydrogen-bond acceptors (Lipinski definition) is 8. The second kappa shape index (κ2) is 13.1. The normalized spacial score (nSPS) is 14.6. The van der Waals surface area contributed by atoms with Gasteiger partial charge in [0.2, 0.25) is 0 Å². The number of amides is 2. The van der Waals surface area contributed by atoms with Crippen molar-refractivity contribution in [1.82, 2.24) is 15.4 Å². The summed E-state index contributed by atoms with van der Waals surface area (Å²) >= 11 is 1.49. The Morgan fingerprint density at radius 1 is 1.05 bits per heavy atom. The van der Waals surface area contributed by atoms with Gasteiger partial charge in [-0.2, -0.15) is 0 Å². The highest BCUT2D eigenvalue weighted by Crippen LogP contribution is 2.29. The first-order valence-electron chi connectivity index (χ1n) is 12.3. The van der Waals surface area contributed by atoms with E-state index in [2.05, 4.69) is 26.1 Å². The molecule has 39 heavy (non-hydrogen) atoms. The minimum absolute atomic E-state index is 0. The number of rotatable bonds is 8. The molecule has 1 aliphatic rings. The van der Waals surface area contributed by atoms with Gasteiger partial charge in [0.05, 0.1) is 5.69 Å². The highest BCUT2D eigenvalue weighted by Gasteiger charge is 2.17. The Morgan fingerprint density at radius 2 is 1.85 bits per heavy atom. The summed E-state index contributed by atoms with van der Waals surface area (Å²) in [7, 11) is 0. The van der Waals surface area contributed by atoms with E-state index >= 15 is 0 Å². The number of nitrogens with zero attached hydrogens (tertiary/aromatic N) is 2. The Kier molecular flexibility index (Phi) is 9.34. The highest BCUT2D eigenvalue weighted by atomic mass is 32.1. The first-order chi connectivity index (χ1) is 18.5. The van der Waals surface area contributed by atoms with E-state index in [9.17, 15) is 9.59 Å². The number of pyridine rings is 1. The van der Waals surface area contributed by atoms with Crippen LogP contribution in [0.25, 0.3) is 11.3 Å². The molecular weight excluding hydrogens is 518 g/mol. The number of ether oxygens (including phenoxy) is 1. The molecular formula is C28H29N5O5S. The molecule has 1 saturated heterocycles. The maximum atomic E-state index is 12.9. The zero-order valence-corrected chi connectivity index (χ0v) is 22.1. The molecule has 0 saturated carbocycles. The van der Waals surface area contributed by atoms with Crippen molar-refractivity contribution in [3.05, 3.63) is 89.1 Å². The van der Waals surface area contributed by atoms with Crippen molar-refractivity contribution in [3.8, 4) is 11.3 Å². The van der Waals surface area contributed by atoms with Crippen LogP contribution < -0.4 is 16.1 Å². The monoisotopic (exact) mass is 547 g/mol. The maximum Gasteiger partial charge on any atom is 0.274 e. The van der Waals surface area contributed by atoms with Crippen LogP contribution in [-0.4, -0.2) is 40.2 Å². The molecule has 5 rings (SSSR count). The van der Waals surface area contributed by atoms with E-state index < -0.39 is 12.2 Å². The summed E-state index contributed by atoms with van der Waals surface area (Å²) in [5.41, 5.74) is 7.50. The van der Waals surface area contributed by atoms with Crippen LogP contribution in [0.2, 0.25) is 0 Å². The second-order valence-electron chi connectivity index (χ2n) is 8.81. The van der Waals surface area contributed by atoms with E-state index in [1.807, 2.05) is 42.6 Å². The number of nitrogens with one attached hydrogen (secondary N) is 3. The molecule has 0 bridgehead atoms. The van der Waals surface area contributed by atoms with Crippen LogP contribution in [0.15, 0.2) is 72.4 Å². The molecule has 1 fully saturated rings. The molecule has 2 aromatic heterocycles. The van der Waals surface area contributed by atoms with Crippen LogP contribution in [0, 0.1) is 6.92 Å². The molecule has 202 valence electrons. The summed E-state index contributed by atoms with van der Waals surface area (Å²) in [5.74, 6) is -0.680. The van der Waals surface area contributed by atoms with Crippen molar-refractivity contribution in [2.45, 2.75) is 32.5 Å². The molecule has 0 radical (unpaired) electrons. The van der Waals surface area contributed by atoms with E-state index in [0.717, 1.165) is 46.9 Å². The number of hydroxylamine groups is 1. The van der Waals surface area contributed by atoms with Gasteiger partial charge in [-0.1, -0.05) is 6.07 Å². The first-order valence-corrected chi connectivity index (χ1v) is 13.2. The number of thiazole rings is 1. The average Bonchev–Trinajstić information content (AvgIpc) is 3.43. The predicted molar refractivity (Wildman–Crippen MR) is 150 cm³/mol. The predicted octanol–water partition coefficient (Wildman–Crippen LogP) is 4.87. The average molecular weight is 548 g/mol. The molecule has 4 aromatic rings. The first kappa shape index (κ1) is 27.9. The number of carbonyl (C=O) groups excluding carboxylic acids is 2. The van der Waals surface area contributed by atoms with Gasteiger partial charge in [-0.05, 0) is 73.9 Å². The summed E-state index contributed by atoms with van der Waals surface area (Å²) in [6.45, 7) is 2.61. The standard InChI is InChI=1S/C28H27N5O4S.H2O/c1-18-7-12-22(15-23(18)31-28-32-24(17-38-28)21-5-4-13-29-16-21)30-26(34)19-8-10-20(11-9-19)27(35)33-37-25-6-2-3-14-36-25;/h4-5,7-13,15-17,25H,2-3,6,14H2,1H3,(H,30,34)(H,31,32)(H,33,35);1H2. The fourth-order valence-electron chi connectivity index (χ4n) is 3.89. The molecule has 0 spiro atoms. The SMILES string of the molecule is Cc1ccc(NC(=O)c2ccc(C(=O)NOC3CCCCO3)cc2)cc1Nc1nc(-c2cccnc2)cs1.O. The van der Waals surface area contributed by atoms with Gasteiger partial charge >= 0.3 is 0 Å². The van der Waals surface area contributed by atoms with E-state index in [4.69, 9.17) is 9.57 Å². The zero-order chi connectivity index (χ0) is 26.3. The van der Waals surface area contributed by atoms with Crippen molar-refractivity contribution in [1.29, 1.82) is 0 Å². The van der Waals surface area contributed by atoms with Gasteiger partial charge in [0.1, 0.15) is 0 Å². The van der Waals surface area contributed by atoms with Gasteiger partial charge < -0.3 is 20.8 Å². The summed E-state index contributed by atoms with van der Waals surface area (Å²) < 4.78 is 5.44. The summed E-state index contributed by atoms with van der Waals surface area (Å²) in [4.78, 5) is 39.3. The van der Waals surface area contributed by atoms with Crippen LogP contribution in [0.3, 0.4) is 0 Å². The summed E-state index contributed by atoms with van der Waals surface area (Å²) in [6, 6.07) is 15.8. The van der Waals surface area contributed by atoms with Crippen LogP contribution in [0.4, 0.5) is 16.5 Å². The van der Waals surface area contributed by atoms with Gasteiger partial charge in [-0.3, -0.25) is 14.6 Å². The third-order valence-corrected chi connectivity index (χ3v) is 6.79. The minimum atomic E-state index is -0.426. The number of carbonyl (C=O) groups is 2. The Labute approximate surface area is 229 Å². The molecule has 10 nitrogen and oxygen atoms in total. The molecule has 3 heterocycles. The van der Waals surface area contributed by atoms with Crippen LogP contribution in [0.5, 0.6) is 0 Å². The lowest BCUT2D eigenvalue weighted by Crippen LogP contribution is -2.33. The van der Waals surface area contributed by atoms with Crippen molar-refractivity contribution >= 4 is 39.7 Å². The lowest BCUT2D eigenvalue weighted by Gasteiger charge is -2.22. The van der Waals surface area contributed by atoms with Crippen LogP contribution >= 0.6 is 11.3 Å². The molecule has 11 heteroatoms. The second-order valence-corrected chi connectivity index (χ2v) is 9.67. The number of aromatic nitrogens is 2. The third-order valence-electron chi connectivity index (χ3n) is 6.03. The molecule has 2 aromatic carbocycles. The molecule has 5 N–H and O–H groups in total. The van der Waals surface area contributed by atoms with Gasteiger partial charge in [0.15, 0.2) is 11.4 Å². The Hall–Kier alpha value is -4.16. The fourth-order valence-corrected chi connectivity index (χ4v) is 4.62. The smallest absolute Gasteiger partial charge is 0.274 e. The largest absolute Gasteiger partial charge is 0.412 e. The Morgan fingerprint density at radius 3 is 2.56 bits per heavy atom. The summed E-state index contributed by atoms with van der Waals surface area (Å²) in [6.07, 6.45) is 5.82. The van der Waals surface area contributed by atoms with Crippen LogP contribution in [0.1, 0.15) is 45.5 Å². The van der Waals surface area contributed by atoms with E-state index in [1.54, 1.807) is 36.7 Å². The lowest BCUT2D eigenvalue weighted by molar-refractivity contribution is -0.186. The minimum Gasteiger partial charge on any atom is -0.412 e. The highest BCUT2D eigenvalue weighted by molar-refractivity contribution is 7.14. The molecule has 1 atom stereocenters. The zero-order valence-electron chi connectivity index (χ0n) is 21.3. The van der Waals surface area contributed by atoms with Crippen molar-refractivity contribution in [2.75, 3.05) is 17.2 Å². The fraction of sp³-hybridized carbons (Fsp3) is 0.214. The van der Waals surface area contributed by atoms with Gasteiger partial charge in [0, 0.05) is 58.9 Å². The van der Waals surface area contributed by atoms with Crippen LogP contribution in [-0.2, 0) is 9.57 Å². The number of aryl methyl sites for hydroxylation is 1. The maximum absolute atomic E-state index is 12.9. The number of hydrogen-bond donors (Lipinski definition) is 3. The summed E-state index contributed by atoms with van der Waals surface area (Å²) in [5, 5.41) is 8.97. The molecule has 2 amide bonds. The molecule has 1 aliphatic heterocycles. The topological polar surface area (TPSA) is 146 Å². The van der Waals surface area contributed by atoms with E-state index in [0.29, 0.717) is 23.4 Å². The van der Waals surface area contributed by atoms with Crippen molar-refractivity contribution in [3.63, 3.8) is 0 Å². The molecule has 0 aliphatic carbocycles. The van der Waals surface area contributed by atoms with Gasteiger partial charge in [-0.15, -0.1) is 11.3 Å². The van der Waals surface area contributed by atoms with Gasteiger partial charge in [0.25, 0.3) is 11.8 Å². The lowest BCUT2D eigenvalue weighted by atomic mass is 10.1. The van der Waals surface area contributed by atoms with E-state index in [-0.39, 0.29) is 11.4 Å². The number of benzene rings is 2. The number of anilines is 3. The Balaban J connectivity index is 0.00000353. The van der Waals surface area contributed by atoms with E-state index in [1.165, 1.54) is 11.3 Å². The Bertz CT molecular complexity index is 1410. The van der Waals surface area contributed by atoms with Gasteiger partial charge in [-0.25, -0.2) is 15.3 Å². The third kappa shape index (κ3) is 7.24. The van der Waals surface area contributed by atoms with Crippen molar-refractivity contribution < 1.29 is 24.6 Å².